The summed E-state index contributed by atoms with van der Waals surface area (Å²) in [5.41, 5.74) is 1.15. The van der Waals surface area contributed by atoms with Crippen LogP contribution in [0.4, 0.5) is 0 Å². The van der Waals surface area contributed by atoms with Crippen LogP contribution in [0, 0.1) is 0 Å². The molecule has 0 aliphatic carbocycles. The lowest BCUT2D eigenvalue weighted by Gasteiger charge is -2.19. The summed E-state index contributed by atoms with van der Waals surface area (Å²) in [7, 11) is 3.52. The minimum absolute atomic E-state index is 0.0520. The Morgan fingerprint density at radius 1 is 1.38 bits per heavy atom. The maximum Gasteiger partial charge on any atom is 0.0961 e. The number of hydrogen-bond acceptors (Lipinski definition) is 3. The van der Waals surface area contributed by atoms with Crippen LogP contribution in [0.1, 0.15) is 11.7 Å². The first-order chi connectivity index (χ1) is 6.24. The molecule has 3 heteroatoms. The molecule has 13 heavy (non-hydrogen) atoms. The minimum atomic E-state index is 0.0520. The van der Waals surface area contributed by atoms with Crippen molar-refractivity contribution in [2.75, 3.05) is 20.7 Å². The number of likely N-dealkylation sites (N-methyl/N-ethyl adjacent to an activating group) is 1. The smallest absolute Gasteiger partial charge is 0.0961 e. The highest BCUT2D eigenvalue weighted by molar-refractivity contribution is 5.17. The summed E-state index contributed by atoms with van der Waals surface area (Å²) in [6, 6.07) is 10.1. The second kappa shape index (κ2) is 4.97. The number of nitrogens with zero attached hydrogens (tertiary/aromatic N) is 1. The molecular weight excluding hydrogens is 164 g/mol. The summed E-state index contributed by atoms with van der Waals surface area (Å²) >= 11 is 0. The highest BCUT2D eigenvalue weighted by atomic mass is 16.5. The molecule has 0 bridgehead atoms. The molecule has 0 radical (unpaired) electrons. The highest BCUT2D eigenvalue weighted by Gasteiger charge is 2.10. The fourth-order valence-corrected chi connectivity index (χ4v) is 1.25. The van der Waals surface area contributed by atoms with Crippen molar-refractivity contribution in [1.29, 1.82) is 0 Å². The molecule has 0 aliphatic rings. The van der Waals surface area contributed by atoms with E-state index in [1.807, 2.05) is 37.4 Å². The van der Waals surface area contributed by atoms with E-state index in [2.05, 4.69) is 0 Å². The number of hydrazine groups is 1. The summed E-state index contributed by atoms with van der Waals surface area (Å²) in [5, 5.41) is 1.63. The molecule has 1 aromatic carbocycles. The Balaban J connectivity index is 2.67. The van der Waals surface area contributed by atoms with Crippen LogP contribution in [-0.4, -0.2) is 25.7 Å². The maximum absolute atomic E-state index is 5.56. The van der Waals surface area contributed by atoms with Gasteiger partial charge in [0.1, 0.15) is 0 Å². The molecule has 0 aliphatic heterocycles. The van der Waals surface area contributed by atoms with Gasteiger partial charge in [0, 0.05) is 20.7 Å². The number of rotatable bonds is 4. The van der Waals surface area contributed by atoms with Gasteiger partial charge >= 0.3 is 0 Å². The number of nitrogens with two attached hydrogens (primary N) is 1. The molecule has 0 aromatic heterocycles. The quantitative estimate of drug-likeness (QED) is 0.558. The zero-order valence-corrected chi connectivity index (χ0v) is 8.10. The van der Waals surface area contributed by atoms with Gasteiger partial charge in [0.2, 0.25) is 0 Å². The Bertz CT molecular complexity index is 236. The van der Waals surface area contributed by atoms with Crippen molar-refractivity contribution in [1.82, 2.24) is 5.01 Å². The van der Waals surface area contributed by atoms with E-state index in [-0.39, 0.29) is 6.10 Å². The van der Waals surface area contributed by atoms with E-state index in [4.69, 9.17) is 10.6 Å². The lowest BCUT2D eigenvalue weighted by Crippen LogP contribution is -2.31. The summed E-state index contributed by atoms with van der Waals surface area (Å²) in [6.07, 6.45) is 0.0520. The molecule has 1 atom stereocenters. The van der Waals surface area contributed by atoms with E-state index >= 15 is 0 Å². The first kappa shape index (κ1) is 10.2. The van der Waals surface area contributed by atoms with Crippen molar-refractivity contribution in [2.45, 2.75) is 6.10 Å². The van der Waals surface area contributed by atoms with E-state index in [0.717, 1.165) is 5.56 Å². The van der Waals surface area contributed by atoms with E-state index in [9.17, 15) is 0 Å². The average molecular weight is 180 g/mol. The maximum atomic E-state index is 5.56. The van der Waals surface area contributed by atoms with E-state index in [0.29, 0.717) is 6.54 Å². The standard InChI is InChI=1S/C10H16N2O/c1-12(11)8-10(13-2)9-6-4-3-5-7-9/h3-7,10H,8,11H2,1-2H3. The monoisotopic (exact) mass is 180 g/mol. The van der Waals surface area contributed by atoms with Gasteiger partial charge in [0.25, 0.3) is 0 Å². The van der Waals surface area contributed by atoms with Gasteiger partial charge in [0.05, 0.1) is 6.10 Å². The second-order valence-corrected chi connectivity index (χ2v) is 3.07. The van der Waals surface area contributed by atoms with Crippen LogP contribution < -0.4 is 5.84 Å². The normalized spacial score (nSPS) is 13.2. The third kappa shape index (κ3) is 3.14. The van der Waals surface area contributed by atoms with Gasteiger partial charge in [-0.25, -0.2) is 5.01 Å². The molecule has 0 heterocycles. The second-order valence-electron chi connectivity index (χ2n) is 3.07. The summed E-state index contributed by atoms with van der Waals surface area (Å²) in [6.45, 7) is 0.695. The molecule has 0 amide bonds. The van der Waals surface area contributed by atoms with E-state index in [1.165, 1.54) is 0 Å². The first-order valence-corrected chi connectivity index (χ1v) is 4.27. The molecule has 2 N–H and O–H groups in total. The van der Waals surface area contributed by atoms with Gasteiger partial charge in [-0.3, -0.25) is 5.84 Å². The topological polar surface area (TPSA) is 38.5 Å². The van der Waals surface area contributed by atoms with Gasteiger partial charge in [-0.2, -0.15) is 0 Å². The van der Waals surface area contributed by atoms with Crippen LogP contribution in [0.2, 0.25) is 0 Å². The van der Waals surface area contributed by atoms with Crippen molar-refractivity contribution in [3.63, 3.8) is 0 Å². The Labute approximate surface area is 79.1 Å². The fraction of sp³-hybridized carbons (Fsp3) is 0.400. The third-order valence-electron chi connectivity index (χ3n) is 1.91. The molecule has 1 aromatic rings. The number of ether oxygens (including phenoxy) is 1. The van der Waals surface area contributed by atoms with Gasteiger partial charge in [-0.1, -0.05) is 30.3 Å². The fourth-order valence-electron chi connectivity index (χ4n) is 1.25. The van der Waals surface area contributed by atoms with E-state index < -0.39 is 0 Å². The van der Waals surface area contributed by atoms with Gasteiger partial charge in [-0.15, -0.1) is 0 Å². The van der Waals surface area contributed by atoms with Crippen molar-refractivity contribution in [3.8, 4) is 0 Å². The van der Waals surface area contributed by atoms with Crippen LogP contribution in [0.15, 0.2) is 30.3 Å². The minimum Gasteiger partial charge on any atom is -0.375 e. The molecule has 0 saturated carbocycles. The molecule has 1 unspecified atom stereocenters. The molecule has 72 valence electrons. The number of methoxy groups -OCH3 is 1. The van der Waals surface area contributed by atoms with Gasteiger partial charge in [0.15, 0.2) is 0 Å². The van der Waals surface area contributed by atoms with Crippen LogP contribution in [0.3, 0.4) is 0 Å². The molecule has 1 rings (SSSR count). The Hall–Kier alpha value is -0.900. The van der Waals surface area contributed by atoms with E-state index in [1.54, 1.807) is 12.1 Å². The Morgan fingerprint density at radius 3 is 2.46 bits per heavy atom. The van der Waals surface area contributed by atoms with Crippen molar-refractivity contribution < 1.29 is 4.74 Å². The molecule has 3 nitrogen and oxygen atoms in total. The predicted molar refractivity (Wildman–Crippen MR) is 53.0 cm³/mol. The zero-order valence-electron chi connectivity index (χ0n) is 8.10. The van der Waals surface area contributed by atoms with Crippen molar-refractivity contribution >= 4 is 0 Å². The Kier molecular flexibility index (Phi) is 3.89. The lowest BCUT2D eigenvalue weighted by atomic mass is 10.1. The van der Waals surface area contributed by atoms with Crippen LogP contribution in [-0.2, 0) is 4.74 Å². The predicted octanol–water partition coefficient (Wildman–Crippen LogP) is 1.18. The van der Waals surface area contributed by atoms with Crippen LogP contribution in [0.25, 0.3) is 0 Å². The molecule has 0 spiro atoms. The van der Waals surface area contributed by atoms with Crippen LogP contribution >= 0.6 is 0 Å². The molecular formula is C10H16N2O. The van der Waals surface area contributed by atoms with Crippen molar-refractivity contribution in [2.24, 2.45) is 5.84 Å². The highest BCUT2D eigenvalue weighted by Crippen LogP contribution is 2.15. The SMILES string of the molecule is COC(CN(C)N)c1ccccc1. The number of hydrogen-bond donors (Lipinski definition) is 1. The summed E-state index contributed by atoms with van der Waals surface area (Å²) in [5.74, 6) is 5.56. The van der Waals surface area contributed by atoms with Gasteiger partial charge in [-0.05, 0) is 5.56 Å². The largest absolute Gasteiger partial charge is 0.375 e. The average Bonchev–Trinajstić information content (AvgIpc) is 2.15. The zero-order chi connectivity index (χ0) is 9.68. The third-order valence-corrected chi connectivity index (χ3v) is 1.91. The first-order valence-electron chi connectivity index (χ1n) is 4.27. The lowest BCUT2D eigenvalue weighted by molar-refractivity contribution is 0.0717. The van der Waals surface area contributed by atoms with Crippen molar-refractivity contribution in [3.05, 3.63) is 35.9 Å². The van der Waals surface area contributed by atoms with Gasteiger partial charge < -0.3 is 4.74 Å². The molecule has 0 fully saturated rings. The Morgan fingerprint density at radius 2 is 2.00 bits per heavy atom. The summed E-state index contributed by atoms with van der Waals surface area (Å²) < 4.78 is 5.33. The summed E-state index contributed by atoms with van der Waals surface area (Å²) in [4.78, 5) is 0. The number of benzene rings is 1. The van der Waals surface area contributed by atoms with Crippen LogP contribution in [0.5, 0.6) is 0 Å². The molecule has 0 saturated heterocycles.